The lowest BCUT2D eigenvalue weighted by atomic mass is 10.0. The topological polar surface area (TPSA) is 55.5 Å². The summed E-state index contributed by atoms with van der Waals surface area (Å²) in [5, 5.41) is 15.5. The van der Waals surface area contributed by atoms with E-state index in [1.54, 1.807) is 0 Å². The molecule has 20 heavy (non-hydrogen) atoms. The summed E-state index contributed by atoms with van der Waals surface area (Å²) in [6.07, 6.45) is 0. The Labute approximate surface area is 116 Å². The molecule has 0 aliphatic rings. The van der Waals surface area contributed by atoms with Gasteiger partial charge >= 0.3 is 0 Å². The fourth-order valence-corrected chi connectivity index (χ4v) is 2.25. The van der Waals surface area contributed by atoms with E-state index in [9.17, 15) is 5.11 Å². The van der Waals surface area contributed by atoms with Crippen LogP contribution in [0.3, 0.4) is 0 Å². The predicted molar refractivity (Wildman–Crippen MR) is 75.4 cm³/mol. The third-order valence-electron chi connectivity index (χ3n) is 3.20. The summed E-state index contributed by atoms with van der Waals surface area (Å²) in [5.74, 6) is 1.33. The van der Waals surface area contributed by atoms with Crippen molar-refractivity contribution < 1.29 is 14.4 Å². The molecule has 3 rings (SSSR count). The van der Waals surface area contributed by atoms with E-state index in [1.807, 2.05) is 49.4 Å². The maximum absolute atomic E-state index is 9.60. The molecule has 102 valence electrons. The van der Waals surface area contributed by atoms with Crippen LogP contribution in [0.15, 0.2) is 47.0 Å². The average molecular weight is 269 g/mol. The fraction of sp³-hybridized carbons (Fsp3) is 0.188. The smallest absolute Gasteiger partial charge is 0.174 e. The van der Waals surface area contributed by atoms with Crippen LogP contribution in [0.25, 0.3) is 10.8 Å². The Morgan fingerprint density at radius 2 is 2.05 bits per heavy atom. The average Bonchev–Trinajstić information content (AvgIpc) is 2.90. The number of rotatable bonds is 4. The maximum Gasteiger partial charge on any atom is 0.174 e. The van der Waals surface area contributed by atoms with Gasteiger partial charge in [-0.2, -0.15) is 0 Å². The molecular weight excluding hydrogens is 254 g/mol. The lowest BCUT2D eigenvalue weighted by Crippen LogP contribution is -1.98. The molecule has 3 aromatic rings. The van der Waals surface area contributed by atoms with Gasteiger partial charge in [-0.05, 0) is 23.8 Å². The van der Waals surface area contributed by atoms with Gasteiger partial charge in [0.2, 0.25) is 0 Å². The molecule has 0 aliphatic heterocycles. The summed E-state index contributed by atoms with van der Waals surface area (Å²) in [5.41, 5.74) is 1.61. The highest BCUT2D eigenvalue weighted by atomic mass is 16.5. The molecule has 4 nitrogen and oxygen atoms in total. The SMILES string of the molecule is Cc1cc(COc2ccc3ccccc3c2CO)on1. The van der Waals surface area contributed by atoms with Crippen LogP contribution in [0.5, 0.6) is 5.75 Å². The highest BCUT2D eigenvalue weighted by molar-refractivity contribution is 5.87. The summed E-state index contributed by atoms with van der Waals surface area (Å²) < 4.78 is 10.9. The molecule has 0 radical (unpaired) electrons. The van der Waals surface area contributed by atoms with Crippen molar-refractivity contribution in [2.45, 2.75) is 20.1 Å². The van der Waals surface area contributed by atoms with Gasteiger partial charge in [0.05, 0.1) is 12.3 Å². The van der Waals surface area contributed by atoms with Gasteiger partial charge < -0.3 is 14.4 Å². The van der Waals surface area contributed by atoms with E-state index < -0.39 is 0 Å². The molecule has 2 aromatic carbocycles. The minimum Gasteiger partial charge on any atom is -0.485 e. The standard InChI is InChI=1S/C16H15NO3/c1-11-8-13(20-17-11)10-19-16-7-6-12-4-2-3-5-14(12)15(16)9-18/h2-8,18H,9-10H2,1H3. The Kier molecular flexibility index (Phi) is 3.39. The molecule has 1 aromatic heterocycles. The number of aliphatic hydroxyl groups is 1. The molecule has 0 unspecified atom stereocenters. The fourth-order valence-electron chi connectivity index (χ4n) is 2.25. The van der Waals surface area contributed by atoms with Gasteiger partial charge in [0, 0.05) is 11.6 Å². The van der Waals surface area contributed by atoms with Crippen molar-refractivity contribution in [2.24, 2.45) is 0 Å². The van der Waals surface area contributed by atoms with Gasteiger partial charge in [-0.1, -0.05) is 35.5 Å². The molecular formula is C16H15NO3. The van der Waals surface area contributed by atoms with Crippen LogP contribution in [0.2, 0.25) is 0 Å². The van der Waals surface area contributed by atoms with Crippen molar-refractivity contribution in [2.75, 3.05) is 0 Å². The molecule has 0 saturated heterocycles. The van der Waals surface area contributed by atoms with E-state index in [2.05, 4.69) is 5.16 Å². The largest absolute Gasteiger partial charge is 0.485 e. The Morgan fingerprint density at radius 1 is 1.20 bits per heavy atom. The Balaban J connectivity index is 1.91. The number of hydrogen-bond acceptors (Lipinski definition) is 4. The van der Waals surface area contributed by atoms with E-state index in [0.717, 1.165) is 22.0 Å². The summed E-state index contributed by atoms with van der Waals surface area (Å²) in [7, 11) is 0. The Hall–Kier alpha value is -2.33. The van der Waals surface area contributed by atoms with E-state index in [0.29, 0.717) is 18.1 Å². The second-order valence-corrected chi connectivity index (χ2v) is 4.64. The van der Waals surface area contributed by atoms with Gasteiger partial charge in [-0.15, -0.1) is 0 Å². The Morgan fingerprint density at radius 3 is 2.80 bits per heavy atom. The number of aromatic nitrogens is 1. The number of ether oxygens (including phenoxy) is 1. The number of hydrogen-bond donors (Lipinski definition) is 1. The molecule has 0 aliphatic carbocycles. The number of nitrogens with zero attached hydrogens (tertiary/aromatic N) is 1. The van der Waals surface area contributed by atoms with Crippen LogP contribution in [0.4, 0.5) is 0 Å². The lowest BCUT2D eigenvalue weighted by molar-refractivity contribution is 0.234. The minimum atomic E-state index is -0.0634. The summed E-state index contributed by atoms with van der Waals surface area (Å²) in [6.45, 7) is 2.10. The van der Waals surface area contributed by atoms with Crippen LogP contribution < -0.4 is 4.74 Å². The van der Waals surface area contributed by atoms with Gasteiger partial charge in [0.1, 0.15) is 12.4 Å². The van der Waals surface area contributed by atoms with E-state index >= 15 is 0 Å². The summed E-state index contributed by atoms with van der Waals surface area (Å²) >= 11 is 0. The summed E-state index contributed by atoms with van der Waals surface area (Å²) in [4.78, 5) is 0. The van der Waals surface area contributed by atoms with Gasteiger partial charge in [-0.3, -0.25) is 0 Å². The first-order valence-corrected chi connectivity index (χ1v) is 6.44. The monoisotopic (exact) mass is 269 g/mol. The third-order valence-corrected chi connectivity index (χ3v) is 3.20. The van der Waals surface area contributed by atoms with Crippen molar-refractivity contribution in [3.63, 3.8) is 0 Å². The lowest BCUT2D eigenvalue weighted by Gasteiger charge is -2.11. The van der Waals surface area contributed by atoms with E-state index in [1.165, 1.54) is 0 Å². The van der Waals surface area contributed by atoms with Gasteiger partial charge in [-0.25, -0.2) is 0 Å². The molecule has 0 bridgehead atoms. The maximum atomic E-state index is 9.60. The second-order valence-electron chi connectivity index (χ2n) is 4.64. The molecule has 1 heterocycles. The van der Waals surface area contributed by atoms with Gasteiger partial charge in [0.25, 0.3) is 0 Å². The van der Waals surface area contributed by atoms with Crippen LogP contribution in [0.1, 0.15) is 17.0 Å². The molecule has 0 fully saturated rings. The van der Waals surface area contributed by atoms with Crippen LogP contribution >= 0.6 is 0 Å². The highest BCUT2D eigenvalue weighted by Crippen LogP contribution is 2.28. The Bertz CT molecular complexity index is 733. The first-order valence-electron chi connectivity index (χ1n) is 6.44. The number of fused-ring (bicyclic) bond motifs is 1. The van der Waals surface area contributed by atoms with Crippen LogP contribution in [-0.4, -0.2) is 10.3 Å². The number of aryl methyl sites for hydroxylation is 1. The van der Waals surface area contributed by atoms with E-state index in [-0.39, 0.29) is 6.61 Å². The second kappa shape index (κ2) is 5.35. The van der Waals surface area contributed by atoms with Crippen molar-refractivity contribution in [3.05, 3.63) is 59.5 Å². The van der Waals surface area contributed by atoms with Gasteiger partial charge in [0.15, 0.2) is 5.76 Å². The van der Waals surface area contributed by atoms with Crippen molar-refractivity contribution in [3.8, 4) is 5.75 Å². The first-order chi connectivity index (χ1) is 9.78. The molecule has 0 saturated carbocycles. The highest BCUT2D eigenvalue weighted by Gasteiger charge is 2.09. The van der Waals surface area contributed by atoms with Crippen molar-refractivity contribution in [1.82, 2.24) is 5.16 Å². The number of benzene rings is 2. The predicted octanol–water partition coefficient (Wildman–Crippen LogP) is 3.21. The zero-order chi connectivity index (χ0) is 13.9. The minimum absolute atomic E-state index is 0.0634. The first kappa shape index (κ1) is 12.7. The number of aliphatic hydroxyl groups excluding tert-OH is 1. The zero-order valence-electron chi connectivity index (χ0n) is 11.2. The zero-order valence-corrected chi connectivity index (χ0v) is 11.2. The molecule has 4 heteroatoms. The van der Waals surface area contributed by atoms with E-state index in [4.69, 9.17) is 9.26 Å². The summed E-state index contributed by atoms with van der Waals surface area (Å²) in [6, 6.07) is 13.6. The third kappa shape index (κ3) is 2.38. The normalized spacial score (nSPS) is 10.9. The van der Waals surface area contributed by atoms with Crippen molar-refractivity contribution >= 4 is 10.8 Å². The molecule has 0 spiro atoms. The molecule has 1 N–H and O–H groups in total. The van der Waals surface area contributed by atoms with Crippen molar-refractivity contribution in [1.29, 1.82) is 0 Å². The molecule has 0 atom stereocenters. The quantitative estimate of drug-likeness (QED) is 0.790. The van der Waals surface area contributed by atoms with Crippen LogP contribution in [-0.2, 0) is 13.2 Å². The van der Waals surface area contributed by atoms with Crippen LogP contribution in [0, 0.1) is 6.92 Å². The molecule has 0 amide bonds.